The first-order valence-electron chi connectivity index (χ1n) is 6.79. The van der Waals surface area contributed by atoms with Crippen LogP contribution in [0.3, 0.4) is 0 Å². The molecular weight excluding hydrogens is 282 g/mol. The minimum Gasteiger partial charge on any atom is -0.384 e. The van der Waals surface area contributed by atoms with E-state index in [9.17, 15) is 4.79 Å². The predicted octanol–water partition coefficient (Wildman–Crippen LogP) is 3.52. The Balaban J connectivity index is 1.89. The normalized spacial score (nSPS) is 10.6. The van der Waals surface area contributed by atoms with Gasteiger partial charge in [-0.25, -0.2) is 4.98 Å². The van der Waals surface area contributed by atoms with Gasteiger partial charge in [0.2, 0.25) is 5.91 Å². The highest BCUT2D eigenvalue weighted by Crippen LogP contribution is 2.20. The molecule has 110 valence electrons. The molecule has 0 aliphatic heterocycles. The van der Waals surface area contributed by atoms with Gasteiger partial charge >= 0.3 is 0 Å². The van der Waals surface area contributed by atoms with Crippen LogP contribution in [-0.2, 0) is 4.79 Å². The fourth-order valence-corrected chi connectivity index (χ4v) is 2.46. The molecular formula is C16H19N3OS. The van der Waals surface area contributed by atoms with Crippen molar-refractivity contribution in [3.8, 4) is 0 Å². The summed E-state index contributed by atoms with van der Waals surface area (Å²) in [6.07, 6.45) is 1.67. The topological polar surface area (TPSA) is 68.0 Å². The average molecular weight is 301 g/mol. The molecule has 3 N–H and O–H groups in total. The van der Waals surface area contributed by atoms with Crippen LogP contribution in [0, 0.1) is 0 Å². The molecule has 0 spiro atoms. The number of nitrogens with two attached hydrogens (primary N) is 1. The zero-order chi connectivity index (χ0) is 15.2. The van der Waals surface area contributed by atoms with E-state index in [1.54, 1.807) is 12.3 Å². The molecule has 1 aromatic carbocycles. The maximum Gasteiger partial charge on any atom is 0.234 e. The van der Waals surface area contributed by atoms with Crippen molar-refractivity contribution >= 4 is 29.2 Å². The summed E-state index contributed by atoms with van der Waals surface area (Å²) in [7, 11) is 0. The number of aromatic nitrogens is 1. The molecule has 5 heteroatoms. The molecule has 0 aliphatic rings. The number of thioether (sulfide) groups is 1. The zero-order valence-corrected chi connectivity index (χ0v) is 13.0. The molecule has 0 fully saturated rings. The first-order chi connectivity index (χ1) is 10.0. The molecule has 0 bridgehead atoms. The lowest BCUT2D eigenvalue weighted by molar-refractivity contribution is -0.113. The van der Waals surface area contributed by atoms with E-state index in [0.717, 1.165) is 10.6 Å². The summed E-state index contributed by atoms with van der Waals surface area (Å²) in [5, 5.41) is 2.91. The summed E-state index contributed by atoms with van der Waals surface area (Å²) >= 11 is 1.44. The van der Waals surface area contributed by atoms with Crippen LogP contribution in [0.25, 0.3) is 0 Å². The first-order valence-corrected chi connectivity index (χ1v) is 7.77. The lowest BCUT2D eigenvalue weighted by Crippen LogP contribution is -2.14. The number of carbonyl (C=O) groups excluding carboxylic acids is 1. The SMILES string of the molecule is CC(C)c1cccc(NC(=O)CSc2ccc(N)nc2)c1. The molecule has 0 saturated carbocycles. The van der Waals surface area contributed by atoms with Crippen LogP contribution in [0.1, 0.15) is 25.3 Å². The van der Waals surface area contributed by atoms with Crippen molar-refractivity contribution in [1.82, 2.24) is 4.98 Å². The number of rotatable bonds is 5. The minimum absolute atomic E-state index is 0.0299. The van der Waals surface area contributed by atoms with Crippen molar-refractivity contribution in [1.29, 1.82) is 0 Å². The molecule has 0 unspecified atom stereocenters. The number of hydrogen-bond acceptors (Lipinski definition) is 4. The lowest BCUT2D eigenvalue weighted by Gasteiger charge is -2.09. The standard InChI is InChI=1S/C16H19N3OS/c1-11(2)12-4-3-5-13(8-12)19-16(20)10-21-14-6-7-15(17)18-9-14/h3-9,11H,10H2,1-2H3,(H2,17,18)(H,19,20). The van der Waals surface area contributed by atoms with Crippen LogP contribution in [0.15, 0.2) is 47.5 Å². The van der Waals surface area contributed by atoms with Gasteiger partial charge in [-0.05, 0) is 35.7 Å². The van der Waals surface area contributed by atoms with Gasteiger partial charge in [0, 0.05) is 16.8 Å². The number of anilines is 2. The molecule has 1 aromatic heterocycles. The molecule has 2 aromatic rings. The second-order valence-electron chi connectivity index (χ2n) is 5.04. The highest BCUT2D eigenvalue weighted by Gasteiger charge is 2.06. The summed E-state index contributed by atoms with van der Waals surface area (Å²) in [4.78, 5) is 16.9. The summed E-state index contributed by atoms with van der Waals surface area (Å²) in [6.45, 7) is 4.26. The number of amides is 1. The van der Waals surface area contributed by atoms with Gasteiger partial charge in [-0.1, -0.05) is 26.0 Å². The molecule has 0 atom stereocenters. The Hall–Kier alpha value is -2.01. The fourth-order valence-electron chi connectivity index (χ4n) is 1.80. The van der Waals surface area contributed by atoms with E-state index in [2.05, 4.69) is 30.2 Å². The lowest BCUT2D eigenvalue weighted by atomic mass is 10.0. The van der Waals surface area contributed by atoms with E-state index in [-0.39, 0.29) is 5.91 Å². The number of nitrogens with zero attached hydrogens (tertiary/aromatic N) is 1. The van der Waals surface area contributed by atoms with Gasteiger partial charge in [0.05, 0.1) is 5.75 Å². The monoisotopic (exact) mass is 301 g/mol. The molecule has 21 heavy (non-hydrogen) atoms. The van der Waals surface area contributed by atoms with Crippen molar-refractivity contribution in [2.45, 2.75) is 24.7 Å². The fraction of sp³-hybridized carbons (Fsp3) is 0.250. The number of nitrogen functional groups attached to an aromatic ring is 1. The summed E-state index contributed by atoms with van der Waals surface area (Å²) in [5.41, 5.74) is 7.57. The van der Waals surface area contributed by atoms with Gasteiger partial charge in [0.1, 0.15) is 5.82 Å². The summed E-state index contributed by atoms with van der Waals surface area (Å²) in [5.74, 6) is 1.24. The number of carbonyl (C=O) groups is 1. The first kappa shape index (κ1) is 15.4. The summed E-state index contributed by atoms with van der Waals surface area (Å²) < 4.78 is 0. The quantitative estimate of drug-likeness (QED) is 0.829. The minimum atomic E-state index is -0.0299. The number of benzene rings is 1. The van der Waals surface area contributed by atoms with Crippen LogP contribution in [0.2, 0.25) is 0 Å². The Labute approximate surface area is 129 Å². The van der Waals surface area contributed by atoms with Crippen molar-refractivity contribution in [3.63, 3.8) is 0 Å². The highest BCUT2D eigenvalue weighted by molar-refractivity contribution is 8.00. The van der Waals surface area contributed by atoms with Crippen molar-refractivity contribution < 1.29 is 4.79 Å². The van der Waals surface area contributed by atoms with Gasteiger partial charge < -0.3 is 11.1 Å². The van der Waals surface area contributed by atoms with Gasteiger partial charge in [-0.2, -0.15) is 0 Å². The Morgan fingerprint density at radius 1 is 1.33 bits per heavy atom. The van der Waals surface area contributed by atoms with Crippen molar-refractivity contribution in [2.24, 2.45) is 0 Å². The molecule has 0 radical (unpaired) electrons. The van der Waals surface area contributed by atoms with E-state index in [1.807, 2.05) is 24.3 Å². The molecule has 1 heterocycles. The van der Waals surface area contributed by atoms with Gasteiger partial charge in [0.15, 0.2) is 0 Å². The number of pyridine rings is 1. The third-order valence-electron chi connectivity index (χ3n) is 2.97. The highest BCUT2D eigenvalue weighted by atomic mass is 32.2. The van der Waals surface area contributed by atoms with Crippen molar-refractivity contribution in [3.05, 3.63) is 48.2 Å². The second-order valence-corrected chi connectivity index (χ2v) is 6.08. The van der Waals surface area contributed by atoms with E-state index in [4.69, 9.17) is 5.73 Å². The largest absolute Gasteiger partial charge is 0.384 e. The summed E-state index contributed by atoms with van der Waals surface area (Å²) in [6, 6.07) is 11.5. The average Bonchev–Trinajstić information content (AvgIpc) is 2.47. The van der Waals surface area contributed by atoms with Crippen molar-refractivity contribution in [2.75, 3.05) is 16.8 Å². The van der Waals surface area contributed by atoms with E-state index < -0.39 is 0 Å². The maximum absolute atomic E-state index is 12.0. The van der Waals surface area contributed by atoms with E-state index in [0.29, 0.717) is 17.5 Å². The Morgan fingerprint density at radius 3 is 2.81 bits per heavy atom. The maximum atomic E-state index is 12.0. The molecule has 1 amide bonds. The Kier molecular flexibility index (Phi) is 5.22. The van der Waals surface area contributed by atoms with Gasteiger partial charge in [-0.3, -0.25) is 4.79 Å². The third-order valence-corrected chi connectivity index (χ3v) is 3.95. The molecule has 2 rings (SSSR count). The van der Waals surface area contributed by atoms with Gasteiger partial charge in [-0.15, -0.1) is 11.8 Å². The second kappa shape index (κ2) is 7.13. The third kappa shape index (κ3) is 4.79. The van der Waals surface area contributed by atoms with Gasteiger partial charge in [0.25, 0.3) is 0 Å². The molecule has 4 nitrogen and oxygen atoms in total. The van der Waals surface area contributed by atoms with E-state index >= 15 is 0 Å². The molecule has 0 aliphatic carbocycles. The van der Waals surface area contributed by atoms with E-state index in [1.165, 1.54) is 17.3 Å². The Morgan fingerprint density at radius 2 is 2.14 bits per heavy atom. The van der Waals surface area contributed by atoms with Crippen LogP contribution in [0.4, 0.5) is 11.5 Å². The van der Waals surface area contributed by atoms with Crippen LogP contribution < -0.4 is 11.1 Å². The molecule has 0 saturated heterocycles. The number of nitrogens with one attached hydrogen (secondary N) is 1. The smallest absolute Gasteiger partial charge is 0.234 e. The van der Waals surface area contributed by atoms with Crippen LogP contribution >= 0.6 is 11.8 Å². The van der Waals surface area contributed by atoms with Crippen LogP contribution in [-0.4, -0.2) is 16.6 Å². The zero-order valence-electron chi connectivity index (χ0n) is 12.2. The predicted molar refractivity (Wildman–Crippen MR) is 88.5 cm³/mol. The number of hydrogen-bond donors (Lipinski definition) is 2. The van der Waals surface area contributed by atoms with Crippen LogP contribution in [0.5, 0.6) is 0 Å². The Bertz CT molecular complexity index is 611.